The molecule has 1 aliphatic carbocycles. The third kappa shape index (κ3) is 2.45. The van der Waals surface area contributed by atoms with E-state index in [9.17, 15) is 9.90 Å². The summed E-state index contributed by atoms with van der Waals surface area (Å²) in [6.45, 7) is 11.0. The average Bonchev–Trinajstić information content (AvgIpc) is 2.90. The van der Waals surface area contributed by atoms with Gasteiger partial charge in [0.2, 0.25) is 0 Å². The highest BCUT2D eigenvalue weighted by atomic mass is 16.3. The summed E-state index contributed by atoms with van der Waals surface area (Å²) in [6, 6.07) is 12.7. The van der Waals surface area contributed by atoms with Crippen LogP contribution in [0.1, 0.15) is 39.2 Å². The van der Waals surface area contributed by atoms with E-state index in [0.29, 0.717) is 0 Å². The molecule has 0 unspecified atom stereocenters. The van der Waals surface area contributed by atoms with Crippen LogP contribution in [0.5, 0.6) is 0 Å². The molecule has 0 N–H and O–H groups in total. The molecule has 2 aromatic carbocycles. The van der Waals surface area contributed by atoms with Crippen LogP contribution in [-0.4, -0.2) is 12.3 Å². The maximum atomic E-state index is 12.2. The first-order valence-corrected chi connectivity index (χ1v) is 9.55. The molecule has 0 bridgehead atoms. The number of nitrogens with zero attached hydrogens (tertiary/aromatic N) is 1. The number of fused-ring (bicyclic) bond motifs is 3. The number of carbonyl (C=O) groups is 1. The third-order valence-corrected chi connectivity index (χ3v) is 5.81. The summed E-state index contributed by atoms with van der Waals surface area (Å²) in [7, 11) is 0. The van der Waals surface area contributed by atoms with Gasteiger partial charge in [-0.15, -0.1) is 0 Å². The van der Waals surface area contributed by atoms with Crippen molar-refractivity contribution < 1.29 is 9.90 Å². The highest BCUT2D eigenvalue weighted by molar-refractivity contribution is 6.20. The average molecular weight is 358 g/mol. The summed E-state index contributed by atoms with van der Waals surface area (Å²) in [4.78, 5) is 14.4. The van der Waals surface area contributed by atoms with E-state index < -0.39 is 0 Å². The Morgan fingerprint density at radius 3 is 2.63 bits per heavy atom. The van der Waals surface area contributed by atoms with Crippen molar-refractivity contribution in [3.05, 3.63) is 77.2 Å². The van der Waals surface area contributed by atoms with Crippen LogP contribution in [0.15, 0.2) is 71.7 Å². The number of unbranched alkanes of at least 4 members (excludes halogenated alkanes) is 1. The van der Waals surface area contributed by atoms with Crippen LogP contribution in [0.2, 0.25) is 0 Å². The molecule has 3 heteroatoms. The SMILES string of the molecule is C=C1C(=O)C(/C=C2/N(CCCC)c3ccc4ccccc4c3C2(C)C)=C1[O-]. The molecule has 27 heavy (non-hydrogen) atoms. The van der Waals surface area contributed by atoms with Crippen LogP contribution in [0.3, 0.4) is 0 Å². The van der Waals surface area contributed by atoms with Crippen LogP contribution in [0.4, 0.5) is 5.69 Å². The fourth-order valence-corrected chi connectivity index (χ4v) is 4.29. The lowest BCUT2D eigenvalue weighted by atomic mass is 9.79. The van der Waals surface area contributed by atoms with Gasteiger partial charge in [-0.2, -0.15) is 0 Å². The lowest BCUT2D eigenvalue weighted by molar-refractivity contribution is -0.300. The molecule has 0 saturated heterocycles. The minimum atomic E-state index is -0.297. The largest absolute Gasteiger partial charge is 0.871 e. The van der Waals surface area contributed by atoms with Crippen LogP contribution in [0.25, 0.3) is 10.8 Å². The molecule has 2 aromatic rings. The quantitative estimate of drug-likeness (QED) is 0.762. The molecule has 2 aliphatic rings. The minimum Gasteiger partial charge on any atom is -0.871 e. The van der Waals surface area contributed by atoms with E-state index in [0.717, 1.165) is 25.1 Å². The maximum absolute atomic E-state index is 12.2. The van der Waals surface area contributed by atoms with Crippen molar-refractivity contribution in [3.8, 4) is 0 Å². The smallest absolute Gasteiger partial charge is 0.191 e. The van der Waals surface area contributed by atoms with Crippen LogP contribution < -0.4 is 10.0 Å². The molecule has 0 spiro atoms. The van der Waals surface area contributed by atoms with Crippen molar-refractivity contribution in [2.45, 2.75) is 39.0 Å². The Morgan fingerprint density at radius 1 is 1.19 bits per heavy atom. The first-order valence-electron chi connectivity index (χ1n) is 9.55. The van der Waals surface area contributed by atoms with Gasteiger partial charge in [-0.3, -0.25) is 4.79 Å². The number of benzene rings is 2. The highest BCUT2D eigenvalue weighted by Gasteiger charge is 2.42. The number of hydrogen-bond acceptors (Lipinski definition) is 3. The summed E-state index contributed by atoms with van der Waals surface area (Å²) < 4.78 is 0. The molecule has 0 saturated carbocycles. The highest BCUT2D eigenvalue weighted by Crippen LogP contribution is 2.51. The van der Waals surface area contributed by atoms with E-state index in [-0.39, 0.29) is 28.1 Å². The van der Waals surface area contributed by atoms with E-state index >= 15 is 0 Å². The Bertz CT molecular complexity index is 1040. The fourth-order valence-electron chi connectivity index (χ4n) is 4.29. The molecule has 138 valence electrons. The van der Waals surface area contributed by atoms with Gasteiger partial charge in [0.05, 0.1) is 0 Å². The fraction of sp³-hybridized carbons (Fsp3) is 0.292. The topological polar surface area (TPSA) is 43.4 Å². The number of hydrogen-bond donors (Lipinski definition) is 0. The van der Waals surface area contributed by atoms with Crippen molar-refractivity contribution in [3.63, 3.8) is 0 Å². The second-order valence-electron chi connectivity index (χ2n) is 7.89. The van der Waals surface area contributed by atoms with Gasteiger partial charge in [-0.25, -0.2) is 0 Å². The molecule has 3 nitrogen and oxygen atoms in total. The molecular formula is C24H24NO2-. The van der Waals surface area contributed by atoms with Crippen molar-refractivity contribution in [2.24, 2.45) is 0 Å². The summed E-state index contributed by atoms with van der Waals surface area (Å²) in [5.74, 6) is -0.445. The predicted octanol–water partition coefficient (Wildman–Crippen LogP) is 4.37. The van der Waals surface area contributed by atoms with Crippen LogP contribution >= 0.6 is 0 Å². The second kappa shape index (κ2) is 6.12. The van der Waals surface area contributed by atoms with Gasteiger partial charge in [-0.05, 0) is 34.9 Å². The lowest BCUT2D eigenvalue weighted by Crippen LogP contribution is -2.32. The number of rotatable bonds is 4. The molecule has 0 fully saturated rings. The summed E-state index contributed by atoms with van der Waals surface area (Å²) in [6.07, 6.45) is 3.94. The van der Waals surface area contributed by atoms with E-state index in [2.05, 4.69) is 68.6 Å². The standard InChI is InChI=1S/C24H25NO2/c1-5-6-13-25-19-12-11-16-9-7-8-10-17(16)21(19)24(3,4)20(25)14-18-22(26)15(2)23(18)27/h7-12,14,26H,2,5-6,13H2,1,3-4H3/p-1/b20-14+. The number of anilines is 1. The zero-order chi connectivity index (χ0) is 19.3. The molecule has 0 radical (unpaired) electrons. The van der Waals surface area contributed by atoms with Gasteiger partial charge in [0.1, 0.15) is 0 Å². The second-order valence-corrected chi connectivity index (χ2v) is 7.89. The first kappa shape index (κ1) is 17.6. The first-order chi connectivity index (χ1) is 12.9. The van der Waals surface area contributed by atoms with Gasteiger partial charge in [-0.1, -0.05) is 69.9 Å². The molecular weight excluding hydrogens is 334 g/mol. The molecule has 1 heterocycles. The van der Waals surface area contributed by atoms with Crippen molar-refractivity contribution in [1.29, 1.82) is 0 Å². The normalized spacial score (nSPS) is 19.8. The third-order valence-electron chi connectivity index (χ3n) is 5.81. The van der Waals surface area contributed by atoms with Gasteiger partial charge in [0, 0.05) is 34.5 Å². The van der Waals surface area contributed by atoms with E-state index in [4.69, 9.17) is 0 Å². The number of allylic oxidation sites excluding steroid dienone is 4. The zero-order valence-electron chi connectivity index (χ0n) is 16.1. The van der Waals surface area contributed by atoms with Gasteiger partial charge >= 0.3 is 0 Å². The molecule has 4 rings (SSSR count). The minimum absolute atomic E-state index is 0.0979. The maximum Gasteiger partial charge on any atom is 0.191 e. The van der Waals surface area contributed by atoms with Crippen molar-refractivity contribution in [2.75, 3.05) is 11.4 Å². The monoisotopic (exact) mass is 358 g/mol. The number of ketones is 1. The van der Waals surface area contributed by atoms with Crippen LogP contribution in [0, 0.1) is 0 Å². The molecule has 1 aliphatic heterocycles. The van der Waals surface area contributed by atoms with Crippen molar-refractivity contribution >= 4 is 22.2 Å². The Morgan fingerprint density at radius 2 is 1.93 bits per heavy atom. The van der Waals surface area contributed by atoms with Crippen molar-refractivity contribution in [1.82, 2.24) is 0 Å². The van der Waals surface area contributed by atoms with Gasteiger partial charge in [0.25, 0.3) is 0 Å². The van der Waals surface area contributed by atoms with Gasteiger partial charge in [0.15, 0.2) is 5.78 Å². The Balaban J connectivity index is 1.94. The summed E-state index contributed by atoms with van der Waals surface area (Å²) >= 11 is 0. The van der Waals surface area contributed by atoms with E-state index in [1.165, 1.54) is 22.0 Å². The number of carbonyl (C=O) groups excluding carboxylic acids is 1. The summed E-state index contributed by atoms with van der Waals surface area (Å²) in [5.41, 5.74) is 3.53. The summed E-state index contributed by atoms with van der Waals surface area (Å²) in [5, 5.41) is 14.6. The van der Waals surface area contributed by atoms with E-state index in [1.54, 1.807) is 0 Å². The van der Waals surface area contributed by atoms with E-state index in [1.807, 2.05) is 6.08 Å². The van der Waals surface area contributed by atoms with Gasteiger partial charge < -0.3 is 10.0 Å². The Kier molecular flexibility index (Phi) is 3.99. The zero-order valence-corrected chi connectivity index (χ0v) is 16.1. The Labute approximate surface area is 160 Å². The molecule has 0 amide bonds. The molecule has 0 aromatic heterocycles. The molecule has 0 atom stereocenters. The number of Topliss-reactive ketones (excluding diaryl/α,β-unsaturated/α-hetero) is 1. The lowest BCUT2D eigenvalue weighted by Gasteiger charge is -2.32. The Hall–Kier alpha value is -2.81. The predicted molar refractivity (Wildman–Crippen MR) is 108 cm³/mol. The van der Waals surface area contributed by atoms with Crippen LogP contribution in [-0.2, 0) is 10.2 Å².